The van der Waals surface area contributed by atoms with Gasteiger partial charge in [-0.15, -0.1) is 0 Å². The summed E-state index contributed by atoms with van der Waals surface area (Å²) < 4.78 is 0. The molecule has 1 radical (unpaired) electrons. The van der Waals surface area contributed by atoms with Crippen LogP contribution in [-0.4, -0.2) is 13.1 Å². The number of nitrogens with two attached hydrogens (primary N) is 1. The van der Waals surface area contributed by atoms with Gasteiger partial charge < -0.3 is 17.4 Å². The van der Waals surface area contributed by atoms with Crippen molar-refractivity contribution in [3.63, 3.8) is 0 Å². The van der Waals surface area contributed by atoms with E-state index in [2.05, 4.69) is 26.1 Å². The maximum atomic E-state index is 3.97. The van der Waals surface area contributed by atoms with Gasteiger partial charge in [-0.1, -0.05) is 13.8 Å². The van der Waals surface area contributed by atoms with Crippen LogP contribution in [0.15, 0.2) is 0 Å². The van der Waals surface area contributed by atoms with Crippen LogP contribution < -0.4 is 0 Å². The summed E-state index contributed by atoms with van der Waals surface area (Å²) >= 11 is 0. The van der Waals surface area contributed by atoms with E-state index in [0.717, 1.165) is 13.1 Å². The van der Waals surface area contributed by atoms with E-state index in [9.17, 15) is 0 Å². The first-order valence-corrected chi connectivity index (χ1v) is 3.55. The Morgan fingerprint density at radius 2 is 1.18 bits per heavy atom. The number of hydrogen-bond donors (Lipinski definition) is 0. The standard InChI is InChI=1S/C4H10N.C4H9.H2N.Ta/c1-3-5-4-2;1-4(2)3;;/h3-4H2,1-2H3;1-3H3;1H2;/q3*-1;. The Morgan fingerprint density at radius 1 is 1.00 bits per heavy atom. The zero-order chi connectivity index (χ0) is 7.70. The van der Waals surface area contributed by atoms with Crippen LogP contribution >= 0.6 is 0 Å². The molecule has 0 rings (SSSR count). The molecule has 0 aliphatic heterocycles. The Hall–Kier alpha value is 0.660. The quantitative estimate of drug-likeness (QED) is 0.694. The molecule has 0 atom stereocenters. The fourth-order valence-electron chi connectivity index (χ4n) is 0.224. The van der Waals surface area contributed by atoms with Gasteiger partial charge in [0.15, 0.2) is 0 Å². The molecule has 0 saturated carbocycles. The van der Waals surface area contributed by atoms with Gasteiger partial charge in [0, 0.05) is 22.4 Å². The van der Waals surface area contributed by atoms with Crippen molar-refractivity contribution in [2.75, 3.05) is 13.1 Å². The summed E-state index contributed by atoms with van der Waals surface area (Å²) in [6, 6.07) is 0. The first kappa shape index (κ1) is 22.6. The van der Waals surface area contributed by atoms with Crippen molar-refractivity contribution in [2.24, 2.45) is 0 Å². The van der Waals surface area contributed by atoms with Crippen molar-refractivity contribution in [3.8, 4) is 0 Å². The van der Waals surface area contributed by atoms with E-state index in [1.807, 2.05) is 13.8 Å². The first-order valence-electron chi connectivity index (χ1n) is 3.55. The molecule has 0 bridgehead atoms. The van der Waals surface area contributed by atoms with Crippen LogP contribution in [0.25, 0.3) is 11.5 Å². The number of rotatable bonds is 2. The maximum absolute atomic E-state index is 3.97. The molecular formula is C8H21N2Ta-3. The molecule has 0 saturated heterocycles. The van der Waals surface area contributed by atoms with Crippen LogP contribution in [-0.2, 0) is 22.4 Å². The van der Waals surface area contributed by atoms with E-state index in [4.69, 9.17) is 0 Å². The Morgan fingerprint density at radius 3 is 1.18 bits per heavy atom. The molecule has 2 N–H and O–H groups in total. The van der Waals surface area contributed by atoms with Crippen LogP contribution in [0, 0.1) is 5.92 Å². The minimum Gasteiger partial charge on any atom is -0.693 e. The van der Waals surface area contributed by atoms with Crippen molar-refractivity contribution in [3.05, 3.63) is 17.4 Å². The molecule has 0 fully saturated rings. The molecular weight excluding hydrogens is 305 g/mol. The summed E-state index contributed by atoms with van der Waals surface area (Å²) in [6.45, 7) is 12.3. The molecule has 0 aromatic carbocycles. The Labute approximate surface area is 87.6 Å². The monoisotopic (exact) mass is 326 g/mol. The molecule has 11 heavy (non-hydrogen) atoms. The largest absolute Gasteiger partial charge is 0.693 e. The zero-order valence-corrected chi connectivity index (χ0v) is 11.6. The molecule has 0 aromatic heterocycles. The van der Waals surface area contributed by atoms with Crippen molar-refractivity contribution >= 4 is 0 Å². The SMILES string of the molecule is CC[N-]CC.C[C-](C)C.[NH2-].[Ta]. The van der Waals surface area contributed by atoms with E-state index in [1.165, 1.54) is 5.92 Å². The Balaban J connectivity index is -0.0000000383. The molecule has 0 spiro atoms. The van der Waals surface area contributed by atoms with Crippen molar-refractivity contribution < 1.29 is 22.4 Å². The fraction of sp³-hybridized carbons (Fsp3) is 0.875. The van der Waals surface area contributed by atoms with Crippen molar-refractivity contribution in [2.45, 2.75) is 34.6 Å². The molecule has 0 unspecified atom stereocenters. The van der Waals surface area contributed by atoms with Gasteiger partial charge >= 0.3 is 0 Å². The molecule has 2 nitrogen and oxygen atoms in total. The minimum absolute atomic E-state index is 0. The Kier molecular flexibility index (Phi) is 46.0. The maximum Gasteiger partial charge on any atom is 0 e. The summed E-state index contributed by atoms with van der Waals surface area (Å²) in [6.07, 6.45) is 0. The topological polar surface area (TPSA) is 47.6 Å². The summed E-state index contributed by atoms with van der Waals surface area (Å²) in [5.41, 5.74) is 0. The second-order valence-electron chi connectivity index (χ2n) is 2.36. The van der Waals surface area contributed by atoms with E-state index < -0.39 is 0 Å². The van der Waals surface area contributed by atoms with Crippen LogP contribution in [0.1, 0.15) is 34.6 Å². The van der Waals surface area contributed by atoms with Gasteiger partial charge in [0.1, 0.15) is 0 Å². The predicted octanol–water partition coefficient (Wildman–Crippen LogP) is 3.74. The van der Waals surface area contributed by atoms with Gasteiger partial charge in [0.05, 0.1) is 0 Å². The van der Waals surface area contributed by atoms with Crippen molar-refractivity contribution in [1.29, 1.82) is 0 Å². The van der Waals surface area contributed by atoms with Gasteiger partial charge in [-0.3, -0.25) is 0 Å². The third kappa shape index (κ3) is 113. The smallest absolute Gasteiger partial charge is 0 e. The minimum atomic E-state index is 0. The van der Waals surface area contributed by atoms with Gasteiger partial charge in [0.25, 0.3) is 0 Å². The van der Waals surface area contributed by atoms with Crippen LogP contribution in [0.4, 0.5) is 0 Å². The van der Waals surface area contributed by atoms with Gasteiger partial charge in [0.2, 0.25) is 0 Å². The van der Waals surface area contributed by atoms with E-state index in [-0.39, 0.29) is 28.5 Å². The molecule has 0 heterocycles. The summed E-state index contributed by atoms with van der Waals surface area (Å²) in [5.74, 6) is 1.42. The predicted molar refractivity (Wildman–Crippen MR) is 50.0 cm³/mol. The Bertz CT molecular complexity index is 36.3. The van der Waals surface area contributed by atoms with Crippen LogP contribution in [0.5, 0.6) is 0 Å². The van der Waals surface area contributed by atoms with E-state index in [1.54, 1.807) is 0 Å². The summed E-state index contributed by atoms with van der Waals surface area (Å²) in [5, 5.41) is 3.97. The average Bonchev–Trinajstić information content (AvgIpc) is 1.66. The zero-order valence-electron chi connectivity index (χ0n) is 8.39. The van der Waals surface area contributed by atoms with Crippen molar-refractivity contribution in [1.82, 2.24) is 0 Å². The van der Waals surface area contributed by atoms with Gasteiger partial charge in [-0.25, -0.2) is 0 Å². The second-order valence-corrected chi connectivity index (χ2v) is 2.36. The molecule has 71 valence electrons. The molecule has 0 aliphatic carbocycles. The summed E-state index contributed by atoms with van der Waals surface area (Å²) in [4.78, 5) is 0. The van der Waals surface area contributed by atoms with Crippen LogP contribution in [0.3, 0.4) is 0 Å². The average molecular weight is 326 g/mol. The first-order chi connectivity index (χ1) is 4.15. The normalized spacial score (nSPS) is 7.09. The van der Waals surface area contributed by atoms with Gasteiger partial charge in [-0.05, 0) is 0 Å². The van der Waals surface area contributed by atoms with E-state index in [0.29, 0.717) is 0 Å². The second kappa shape index (κ2) is 22.4. The third-order valence-corrected chi connectivity index (χ3v) is 0.447. The number of nitrogens with zero attached hydrogens (tertiary/aromatic N) is 1. The summed E-state index contributed by atoms with van der Waals surface area (Å²) in [7, 11) is 0. The van der Waals surface area contributed by atoms with Crippen LogP contribution in [0.2, 0.25) is 0 Å². The van der Waals surface area contributed by atoms with E-state index >= 15 is 0 Å². The number of hydrogen-bond acceptors (Lipinski definition) is 0. The molecule has 3 heteroatoms. The molecule has 0 aliphatic rings. The molecule has 0 aromatic rings. The third-order valence-electron chi connectivity index (χ3n) is 0.447. The fourth-order valence-corrected chi connectivity index (χ4v) is 0.224. The van der Waals surface area contributed by atoms with Gasteiger partial charge in [-0.2, -0.15) is 33.9 Å². The molecule has 0 amide bonds.